The third-order valence-corrected chi connectivity index (χ3v) is 2.52. The van der Waals surface area contributed by atoms with Crippen molar-refractivity contribution in [2.45, 2.75) is 13.5 Å². The van der Waals surface area contributed by atoms with E-state index in [1.165, 1.54) is 18.2 Å². The topological polar surface area (TPSA) is 42.2 Å². The number of carbonyl (C=O) groups excluding carboxylic acids is 1. The molecule has 98 valence electrons. The van der Waals surface area contributed by atoms with Crippen molar-refractivity contribution in [3.63, 3.8) is 0 Å². The van der Waals surface area contributed by atoms with Gasteiger partial charge >= 0.3 is 0 Å². The van der Waals surface area contributed by atoms with Crippen LogP contribution < -0.4 is 5.32 Å². The van der Waals surface area contributed by atoms with Crippen LogP contribution in [0, 0.1) is 12.7 Å². The van der Waals surface area contributed by atoms with E-state index in [1.807, 2.05) is 13.0 Å². The molecule has 0 aliphatic heterocycles. The Hall–Kier alpha value is -2.36. The standard InChI is InChI=1S/C15H14FNO2/c1-11-5-6-14(19-11)7-8-15(18)17-10-12-3-2-4-13(16)9-12/h2-9H,10H2,1H3,(H,17,18)/b8-7+. The van der Waals surface area contributed by atoms with E-state index in [2.05, 4.69) is 5.32 Å². The van der Waals surface area contributed by atoms with Crippen LogP contribution in [0.5, 0.6) is 0 Å². The smallest absolute Gasteiger partial charge is 0.244 e. The molecular weight excluding hydrogens is 245 g/mol. The fourth-order valence-electron chi connectivity index (χ4n) is 1.60. The molecule has 0 spiro atoms. The average molecular weight is 259 g/mol. The van der Waals surface area contributed by atoms with Crippen LogP contribution in [-0.4, -0.2) is 5.91 Å². The van der Waals surface area contributed by atoms with Gasteiger partial charge in [0, 0.05) is 12.6 Å². The van der Waals surface area contributed by atoms with Crippen LogP contribution in [-0.2, 0) is 11.3 Å². The first-order chi connectivity index (χ1) is 9.13. The Kier molecular flexibility index (Phi) is 4.13. The Balaban J connectivity index is 1.86. The zero-order valence-corrected chi connectivity index (χ0v) is 10.5. The molecule has 0 saturated heterocycles. The maximum atomic E-state index is 12.9. The number of carbonyl (C=O) groups is 1. The zero-order chi connectivity index (χ0) is 13.7. The monoisotopic (exact) mass is 259 g/mol. The molecule has 0 atom stereocenters. The normalized spacial score (nSPS) is 10.8. The van der Waals surface area contributed by atoms with Crippen molar-refractivity contribution in [3.05, 3.63) is 65.4 Å². The summed E-state index contributed by atoms with van der Waals surface area (Å²) in [5.74, 6) is 0.852. The van der Waals surface area contributed by atoms with Crippen molar-refractivity contribution in [1.82, 2.24) is 5.32 Å². The van der Waals surface area contributed by atoms with Gasteiger partial charge in [0.25, 0.3) is 0 Å². The number of hydrogen-bond acceptors (Lipinski definition) is 2. The summed E-state index contributed by atoms with van der Waals surface area (Å²) in [6.07, 6.45) is 2.98. The van der Waals surface area contributed by atoms with Crippen molar-refractivity contribution in [1.29, 1.82) is 0 Å². The van der Waals surface area contributed by atoms with E-state index in [4.69, 9.17) is 4.42 Å². The van der Waals surface area contributed by atoms with Gasteiger partial charge in [0.05, 0.1) is 0 Å². The average Bonchev–Trinajstić information content (AvgIpc) is 2.80. The van der Waals surface area contributed by atoms with E-state index in [1.54, 1.807) is 24.3 Å². The molecule has 3 nitrogen and oxygen atoms in total. The molecular formula is C15H14FNO2. The highest BCUT2D eigenvalue weighted by atomic mass is 19.1. The predicted octanol–water partition coefficient (Wildman–Crippen LogP) is 3.06. The summed E-state index contributed by atoms with van der Waals surface area (Å²) in [5, 5.41) is 2.67. The Labute approximate surface area is 110 Å². The molecule has 2 rings (SSSR count). The van der Waals surface area contributed by atoms with E-state index in [0.717, 1.165) is 11.3 Å². The first-order valence-electron chi connectivity index (χ1n) is 5.90. The van der Waals surface area contributed by atoms with Gasteiger partial charge in [-0.05, 0) is 42.8 Å². The third-order valence-electron chi connectivity index (χ3n) is 2.52. The molecule has 2 aromatic rings. The quantitative estimate of drug-likeness (QED) is 0.857. The van der Waals surface area contributed by atoms with Crippen molar-refractivity contribution < 1.29 is 13.6 Å². The largest absolute Gasteiger partial charge is 0.462 e. The second kappa shape index (κ2) is 6.00. The lowest BCUT2D eigenvalue weighted by molar-refractivity contribution is -0.116. The van der Waals surface area contributed by atoms with E-state index < -0.39 is 0 Å². The lowest BCUT2D eigenvalue weighted by Gasteiger charge is -2.02. The summed E-state index contributed by atoms with van der Waals surface area (Å²) in [4.78, 5) is 11.5. The summed E-state index contributed by atoms with van der Waals surface area (Å²) >= 11 is 0. The summed E-state index contributed by atoms with van der Waals surface area (Å²) in [5.41, 5.74) is 0.718. The SMILES string of the molecule is Cc1ccc(/C=C/C(=O)NCc2cccc(F)c2)o1. The van der Waals surface area contributed by atoms with Crippen LogP contribution in [0.1, 0.15) is 17.1 Å². The molecule has 19 heavy (non-hydrogen) atoms. The van der Waals surface area contributed by atoms with Crippen molar-refractivity contribution >= 4 is 12.0 Å². The molecule has 0 aliphatic rings. The lowest BCUT2D eigenvalue weighted by atomic mass is 10.2. The van der Waals surface area contributed by atoms with Crippen molar-refractivity contribution in [2.24, 2.45) is 0 Å². The second-order valence-electron chi connectivity index (χ2n) is 4.13. The minimum absolute atomic E-state index is 0.252. The van der Waals surface area contributed by atoms with Gasteiger partial charge in [0.1, 0.15) is 17.3 Å². The van der Waals surface area contributed by atoms with Crippen LogP contribution in [0.2, 0.25) is 0 Å². The van der Waals surface area contributed by atoms with Crippen molar-refractivity contribution in [3.8, 4) is 0 Å². The molecule has 1 amide bonds. The second-order valence-corrected chi connectivity index (χ2v) is 4.13. The van der Waals surface area contributed by atoms with Crippen LogP contribution in [0.3, 0.4) is 0 Å². The molecule has 1 aromatic carbocycles. The number of benzene rings is 1. The summed E-state index contributed by atoms with van der Waals surface area (Å²) in [7, 11) is 0. The van der Waals surface area contributed by atoms with Gasteiger partial charge in [0.15, 0.2) is 0 Å². The van der Waals surface area contributed by atoms with Gasteiger partial charge < -0.3 is 9.73 Å². The van der Waals surface area contributed by atoms with Gasteiger partial charge in [-0.3, -0.25) is 4.79 Å². The minimum atomic E-state index is -0.312. The molecule has 0 unspecified atom stereocenters. The molecule has 1 heterocycles. The fourth-order valence-corrected chi connectivity index (χ4v) is 1.60. The maximum Gasteiger partial charge on any atom is 0.244 e. The Morgan fingerprint density at radius 1 is 1.37 bits per heavy atom. The van der Waals surface area contributed by atoms with E-state index in [-0.39, 0.29) is 18.3 Å². The number of amides is 1. The number of rotatable bonds is 4. The summed E-state index contributed by atoms with van der Waals surface area (Å²) < 4.78 is 18.2. The third kappa shape index (κ3) is 4.10. The maximum absolute atomic E-state index is 12.9. The van der Waals surface area contributed by atoms with Gasteiger partial charge in [-0.25, -0.2) is 4.39 Å². The number of halogens is 1. The van der Waals surface area contributed by atoms with Crippen molar-refractivity contribution in [2.75, 3.05) is 0 Å². The molecule has 0 radical (unpaired) electrons. The Morgan fingerprint density at radius 3 is 2.89 bits per heavy atom. The Bertz CT molecular complexity index is 602. The number of nitrogens with one attached hydrogen (secondary N) is 1. The first kappa shape index (κ1) is 13.1. The molecule has 0 saturated carbocycles. The van der Waals surface area contributed by atoms with Gasteiger partial charge in [-0.1, -0.05) is 12.1 Å². The van der Waals surface area contributed by atoms with Crippen LogP contribution in [0.4, 0.5) is 4.39 Å². The fraction of sp³-hybridized carbons (Fsp3) is 0.133. The molecule has 4 heteroatoms. The highest BCUT2D eigenvalue weighted by Gasteiger charge is 1.99. The van der Waals surface area contributed by atoms with E-state index in [9.17, 15) is 9.18 Å². The van der Waals surface area contributed by atoms with Crippen LogP contribution in [0.25, 0.3) is 6.08 Å². The predicted molar refractivity (Wildman–Crippen MR) is 70.7 cm³/mol. The van der Waals surface area contributed by atoms with E-state index >= 15 is 0 Å². The molecule has 1 aromatic heterocycles. The highest BCUT2D eigenvalue weighted by Crippen LogP contribution is 2.07. The van der Waals surface area contributed by atoms with E-state index in [0.29, 0.717) is 5.76 Å². The van der Waals surface area contributed by atoms with Crippen LogP contribution >= 0.6 is 0 Å². The first-order valence-corrected chi connectivity index (χ1v) is 5.90. The van der Waals surface area contributed by atoms with Gasteiger partial charge in [-0.15, -0.1) is 0 Å². The highest BCUT2D eigenvalue weighted by molar-refractivity contribution is 5.91. The number of aryl methyl sites for hydroxylation is 1. The zero-order valence-electron chi connectivity index (χ0n) is 10.5. The Morgan fingerprint density at radius 2 is 2.21 bits per heavy atom. The number of hydrogen-bond donors (Lipinski definition) is 1. The van der Waals surface area contributed by atoms with Gasteiger partial charge in [0.2, 0.25) is 5.91 Å². The summed E-state index contributed by atoms with van der Waals surface area (Å²) in [6, 6.07) is 9.72. The molecule has 1 N–H and O–H groups in total. The van der Waals surface area contributed by atoms with Gasteiger partial charge in [-0.2, -0.15) is 0 Å². The number of furan rings is 1. The van der Waals surface area contributed by atoms with Crippen LogP contribution in [0.15, 0.2) is 46.9 Å². The molecule has 0 aliphatic carbocycles. The lowest BCUT2D eigenvalue weighted by Crippen LogP contribution is -2.20. The summed E-state index contributed by atoms with van der Waals surface area (Å²) in [6.45, 7) is 2.12. The minimum Gasteiger partial charge on any atom is -0.462 e. The molecule has 0 fully saturated rings. The molecule has 0 bridgehead atoms.